The van der Waals surface area contributed by atoms with E-state index in [0.29, 0.717) is 6.04 Å². The Balaban J connectivity index is 1.64. The number of nitrogens with zero attached hydrogens (tertiary/aromatic N) is 1. The lowest BCUT2D eigenvalue weighted by Gasteiger charge is -2.35. The van der Waals surface area contributed by atoms with Crippen molar-refractivity contribution in [2.45, 2.75) is 50.7 Å². The SMILES string of the molecule is OC1CCC(N2CCc3ccccc3CC2)CC1. The molecule has 1 aromatic carbocycles. The van der Waals surface area contributed by atoms with E-state index in [1.807, 2.05) is 0 Å². The zero-order chi connectivity index (χ0) is 12.4. The molecule has 0 aromatic heterocycles. The number of fused-ring (bicyclic) bond motifs is 1. The molecule has 18 heavy (non-hydrogen) atoms. The van der Waals surface area contributed by atoms with E-state index in [2.05, 4.69) is 29.2 Å². The number of aliphatic hydroxyl groups is 1. The van der Waals surface area contributed by atoms with E-state index < -0.39 is 0 Å². The standard InChI is InChI=1S/C16H23NO/c18-16-7-5-15(6-8-16)17-11-9-13-3-1-2-4-14(13)10-12-17/h1-4,15-16,18H,5-12H2. The van der Waals surface area contributed by atoms with Crippen LogP contribution in [0.4, 0.5) is 0 Å². The van der Waals surface area contributed by atoms with Crippen LogP contribution in [0.1, 0.15) is 36.8 Å². The number of rotatable bonds is 1. The van der Waals surface area contributed by atoms with Crippen LogP contribution in [0, 0.1) is 0 Å². The van der Waals surface area contributed by atoms with Crippen LogP contribution in [-0.4, -0.2) is 35.2 Å². The van der Waals surface area contributed by atoms with E-state index >= 15 is 0 Å². The van der Waals surface area contributed by atoms with Crippen molar-refractivity contribution in [1.82, 2.24) is 4.90 Å². The second-order valence-corrected chi connectivity index (χ2v) is 5.77. The highest BCUT2D eigenvalue weighted by Gasteiger charge is 2.25. The average Bonchev–Trinajstić information content (AvgIpc) is 2.62. The fourth-order valence-electron chi connectivity index (χ4n) is 3.47. The molecule has 98 valence electrons. The van der Waals surface area contributed by atoms with Crippen molar-refractivity contribution in [1.29, 1.82) is 0 Å². The molecule has 3 rings (SSSR count). The van der Waals surface area contributed by atoms with Gasteiger partial charge < -0.3 is 5.11 Å². The molecule has 1 aliphatic heterocycles. The maximum atomic E-state index is 9.60. The zero-order valence-electron chi connectivity index (χ0n) is 11.0. The third kappa shape index (κ3) is 2.60. The van der Waals surface area contributed by atoms with E-state index in [-0.39, 0.29) is 6.10 Å². The molecule has 0 bridgehead atoms. The largest absolute Gasteiger partial charge is 0.393 e. The van der Waals surface area contributed by atoms with E-state index in [1.165, 1.54) is 49.9 Å². The van der Waals surface area contributed by atoms with Gasteiger partial charge in [-0.2, -0.15) is 0 Å². The molecule has 0 unspecified atom stereocenters. The summed E-state index contributed by atoms with van der Waals surface area (Å²) in [6, 6.07) is 9.59. The Morgan fingerprint density at radius 1 is 0.889 bits per heavy atom. The van der Waals surface area contributed by atoms with Crippen molar-refractivity contribution in [2.24, 2.45) is 0 Å². The molecule has 1 heterocycles. The molecule has 0 saturated heterocycles. The fraction of sp³-hybridized carbons (Fsp3) is 0.625. The lowest BCUT2D eigenvalue weighted by Crippen LogP contribution is -2.40. The Labute approximate surface area is 110 Å². The minimum Gasteiger partial charge on any atom is -0.393 e. The van der Waals surface area contributed by atoms with Crippen molar-refractivity contribution in [3.63, 3.8) is 0 Å². The van der Waals surface area contributed by atoms with Crippen LogP contribution in [0.2, 0.25) is 0 Å². The highest BCUT2D eigenvalue weighted by atomic mass is 16.3. The van der Waals surface area contributed by atoms with Gasteiger partial charge in [0.25, 0.3) is 0 Å². The summed E-state index contributed by atoms with van der Waals surface area (Å²) in [5, 5.41) is 9.60. The molecule has 0 radical (unpaired) electrons. The van der Waals surface area contributed by atoms with E-state index in [4.69, 9.17) is 0 Å². The minimum atomic E-state index is -0.0366. The first kappa shape index (κ1) is 12.2. The third-order valence-electron chi connectivity index (χ3n) is 4.64. The summed E-state index contributed by atoms with van der Waals surface area (Å²) >= 11 is 0. The average molecular weight is 245 g/mol. The summed E-state index contributed by atoms with van der Waals surface area (Å²) in [6.45, 7) is 2.38. The molecular weight excluding hydrogens is 222 g/mol. The monoisotopic (exact) mass is 245 g/mol. The fourth-order valence-corrected chi connectivity index (χ4v) is 3.47. The summed E-state index contributed by atoms with van der Waals surface area (Å²) in [4.78, 5) is 2.66. The van der Waals surface area contributed by atoms with Gasteiger partial charge in [0, 0.05) is 19.1 Å². The van der Waals surface area contributed by atoms with E-state index in [9.17, 15) is 5.11 Å². The Bertz CT molecular complexity index is 369. The second kappa shape index (κ2) is 5.41. The first-order chi connectivity index (χ1) is 8.83. The summed E-state index contributed by atoms with van der Waals surface area (Å²) in [7, 11) is 0. The Morgan fingerprint density at radius 3 is 2.00 bits per heavy atom. The molecule has 1 aromatic rings. The number of hydrogen-bond acceptors (Lipinski definition) is 2. The van der Waals surface area contributed by atoms with Crippen LogP contribution in [0.5, 0.6) is 0 Å². The first-order valence-electron chi connectivity index (χ1n) is 7.32. The predicted octanol–water partition coefficient (Wildman–Crippen LogP) is 2.39. The topological polar surface area (TPSA) is 23.5 Å². The maximum Gasteiger partial charge on any atom is 0.0541 e. The van der Waals surface area contributed by atoms with E-state index in [0.717, 1.165) is 12.8 Å². The normalized spacial score (nSPS) is 29.6. The molecule has 0 atom stereocenters. The van der Waals surface area contributed by atoms with Crippen LogP contribution < -0.4 is 0 Å². The molecule has 1 saturated carbocycles. The van der Waals surface area contributed by atoms with Crippen LogP contribution in [0.15, 0.2) is 24.3 Å². The van der Waals surface area contributed by atoms with Gasteiger partial charge in [0.1, 0.15) is 0 Å². The Kier molecular flexibility index (Phi) is 3.67. The Hall–Kier alpha value is -0.860. The molecule has 0 spiro atoms. The van der Waals surface area contributed by atoms with Crippen molar-refractivity contribution in [3.8, 4) is 0 Å². The Morgan fingerprint density at radius 2 is 1.44 bits per heavy atom. The smallest absolute Gasteiger partial charge is 0.0541 e. The van der Waals surface area contributed by atoms with Gasteiger partial charge in [0.05, 0.1) is 6.10 Å². The summed E-state index contributed by atoms with van der Waals surface area (Å²) < 4.78 is 0. The van der Waals surface area contributed by atoms with Gasteiger partial charge in [-0.15, -0.1) is 0 Å². The van der Waals surface area contributed by atoms with Gasteiger partial charge in [-0.25, -0.2) is 0 Å². The van der Waals surface area contributed by atoms with Gasteiger partial charge in [0.15, 0.2) is 0 Å². The van der Waals surface area contributed by atoms with Gasteiger partial charge in [-0.1, -0.05) is 24.3 Å². The number of hydrogen-bond donors (Lipinski definition) is 1. The lowest BCUT2D eigenvalue weighted by atomic mass is 9.92. The molecule has 2 heteroatoms. The third-order valence-corrected chi connectivity index (χ3v) is 4.64. The van der Waals surface area contributed by atoms with E-state index in [1.54, 1.807) is 0 Å². The summed E-state index contributed by atoms with van der Waals surface area (Å²) in [5.41, 5.74) is 3.08. The highest BCUT2D eigenvalue weighted by molar-refractivity contribution is 5.28. The van der Waals surface area contributed by atoms with Gasteiger partial charge in [-0.3, -0.25) is 4.90 Å². The van der Waals surface area contributed by atoms with Crippen molar-refractivity contribution in [2.75, 3.05) is 13.1 Å². The van der Waals surface area contributed by atoms with Crippen LogP contribution in [-0.2, 0) is 12.8 Å². The van der Waals surface area contributed by atoms with Crippen LogP contribution in [0.25, 0.3) is 0 Å². The molecule has 2 aliphatic rings. The maximum absolute atomic E-state index is 9.60. The summed E-state index contributed by atoms with van der Waals surface area (Å²) in [5.74, 6) is 0. The van der Waals surface area contributed by atoms with Gasteiger partial charge >= 0.3 is 0 Å². The van der Waals surface area contributed by atoms with Crippen molar-refractivity contribution < 1.29 is 5.11 Å². The first-order valence-corrected chi connectivity index (χ1v) is 7.32. The lowest BCUT2D eigenvalue weighted by molar-refractivity contribution is 0.0756. The molecule has 0 amide bonds. The quantitative estimate of drug-likeness (QED) is 0.821. The van der Waals surface area contributed by atoms with Gasteiger partial charge in [-0.05, 0) is 49.7 Å². The molecule has 2 nitrogen and oxygen atoms in total. The zero-order valence-corrected chi connectivity index (χ0v) is 11.0. The van der Waals surface area contributed by atoms with Crippen LogP contribution in [0.3, 0.4) is 0 Å². The van der Waals surface area contributed by atoms with Crippen molar-refractivity contribution in [3.05, 3.63) is 35.4 Å². The second-order valence-electron chi connectivity index (χ2n) is 5.77. The minimum absolute atomic E-state index is 0.0366. The van der Waals surface area contributed by atoms with Gasteiger partial charge in [0.2, 0.25) is 0 Å². The predicted molar refractivity (Wildman–Crippen MR) is 73.7 cm³/mol. The summed E-state index contributed by atoms with van der Waals surface area (Å²) in [6.07, 6.45) is 6.69. The molecule has 1 N–H and O–H groups in total. The van der Waals surface area contributed by atoms with Crippen molar-refractivity contribution >= 4 is 0 Å². The molecule has 1 fully saturated rings. The highest BCUT2D eigenvalue weighted by Crippen LogP contribution is 2.25. The molecular formula is C16H23NO. The van der Waals surface area contributed by atoms with Crippen LogP contribution >= 0.6 is 0 Å². The molecule has 1 aliphatic carbocycles. The number of benzene rings is 1. The number of aliphatic hydroxyl groups excluding tert-OH is 1.